The Morgan fingerprint density at radius 3 is 2.61 bits per heavy atom. The molecule has 0 saturated carbocycles. The minimum atomic E-state index is 0.373. The molecule has 1 aromatic carbocycles. The number of aromatic nitrogens is 1. The van der Waals surface area contributed by atoms with E-state index in [1.165, 1.54) is 16.7 Å². The van der Waals surface area contributed by atoms with Crippen LogP contribution in [0.15, 0.2) is 48.8 Å². The summed E-state index contributed by atoms with van der Waals surface area (Å²) >= 11 is 0. The van der Waals surface area contributed by atoms with Crippen LogP contribution >= 0.6 is 0 Å². The highest BCUT2D eigenvalue weighted by molar-refractivity contribution is 5.21. The molecule has 0 aliphatic rings. The fourth-order valence-corrected chi connectivity index (χ4v) is 2.20. The Balaban J connectivity index is 2.02. The van der Waals surface area contributed by atoms with Crippen molar-refractivity contribution in [3.05, 3.63) is 65.5 Å². The van der Waals surface area contributed by atoms with Crippen LogP contribution in [0.4, 0.5) is 0 Å². The van der Waals surface area contributed by atoms with Gasteiger partial charge in [0, 0.05) is 18.4 Å². The van der Waals surface area contributed by atoms with E-state index in [1.807, 2.05) is 19.4 Å². The molecule has 2 nitrogen and oxygen atoms in total. The third kappa shape index (κ3) is 3.41. The van der Waals surface area contributed by atoms with E-state index >= 15 is 0 Å². The summed E-state index contributed by atoms with van der Waals surface area (Å²) in [5.74, 6) is 0. The van der Waals surface area contributed by atoms with Crippen LogP contribution in [0.5, 0.6) is 0 Å². The topological polar surface area (TPSA) is 24.9 Å². The van der Waals surface area contributed by atoms with E-state index in [1.54, 1.807) is 0 Å². The fourth-order valence-electron chi connectivity index (χ4n) is 2.20. The van der Waals surface area contributed by atoms with Crippen LogP contribution in [0, 0.1) is 6.92 Å². The van der Waals surface area contributed by atoms with Crippen molar-refractivity contribution < 1.29 is 0 Å². The molecule has 1 N–H and O–H groups in total. The lowest BCUT2D eigenvalue weighted by atomic mass is 9.99. The summed E-state index contributed by atoms with van der Waals surface area (Å²) in [6, 6.07) is 13.2. The Bertz CT molecular complexity index is 479. The number of pyridine rings is 1. The molecule has 18 heavy (non-hydrogen) atoms. The number of hydrogen-bond donors (Lipinski definition) is 1. The van der Waals surface area contributed by atoms with E-state index in [0.29, 0.717) is 6.04 Å². The predicted molar refractivity (Wildman–Crippen MR) is 75.5 cm³/mol. The molecule has 1 unspecified atom stereocenters. The zero-order chi connectivity index (χ0) is 12.8. The summed E-state index contributed by atoms with van der Waals surface area (Å²) in [5, 5.41) is 3.38. The average molecular weight is 240 g/mol. The number of benzene rings is 1. The highest BCUT2D eigenvalue weighted by Crippen LogP contribution is 2.18. The molecule has 1 aromatic heterocycles. The van der Waals surface area contributed by atoms with E-state index < -0.39 is 0 Å². The lowest BCUT2D eigenvalue weighted by molar-refractivity contribution is 0.547. The molecule has 2 aromatic rings. The van der Waals surface area contributed by atoms with E-state index in [9.17, 15) is 0 Å². The Morgan fingerprint density at radius 2 is 1.94 bits per heavy atom. The number of nitrogens with one attached hydrogen (secondary N) is 1. The van der Waals surface area contributed by atoms with Gasteiger partial charge in [-0.2, -0.15) is 0 Å². The quantitative estimate of drug-likeness (QED) is 0.867. The van der Waals surface area contributed by atoms with E-state index in [0.717, 1.165) is 12.8 Å². The van der Waals surface area contributed by atoms with Crippen LogP contribution in [0.3, 0.4) is 0 Å². The van der Waals surface area contributed by atoms with Gasteiger partial charge in [0.25, 0.3) is 0 Å². The van der Waals surface area contributed by atoms with Crippen molar-refractivity contribution >= 4 is 0 Å². The SMILES string of the molecule is CNC(CCc1ccccc1)c1cncc(C)c1. The smallest absolute Gasteiger partial charge is 0.0336 e. The summed E-state index contributed by atoms with van der Waals surface area (Å²) in [5.41, 5.74) is 3.87. The molecule has 0 bridgehead atoms. The average Bonchev–Trinajstić information content (AvgIpc) is 2.41. The lowest BCUT2D eigenvalue weighted by Crippen LogP contribution is -2.17. The van der Waals surface area contributed by atoms with Gasteiger partial charge < -0.3 is 5.32 Å². The number of aryl methyl sites for hydroxylation is 2. The predicted octanol–water partition coefficient (Wildman–Crippen LogP) is 3.28. The standard InChI is InChI=1S/C16H20N2/c1-13-10-15(12-18-11-13)16(17-2)9-8-14-6-4-3-5-7-14/h3-7,10-12,16-17H,8-9H2,1-2H3. The summed E-state index contributed by atoms with van der Waals surface area (Å²) in [7, 11) is 2.01. The molecule has 0 radical (unpaired) electrons. The molecule has 94 valence electrons. The minimum Gasteiger partial charge on any atom is -0.313 e. The van der Waals surface area contributed by atoms with Crippen LogP contribution in [0.1, 0.15) is 29.2 Å². The maximum atomic E-state index is 4.27. The number of rotatable bonds is 5. The number of nitrogens with zero attached hydrogens (tertiary/aromatic N) is 1. The van der Waals surface area contributed by atoms with Crippen LogP contribution in [-0.2, 0) is 6.42 Å². The highest BCUT2D eigenvalue weighted by atomic mass is 14.9. The summed E-state index contributed by atoms with van der Waals surface area (Å²) in [6.07, 6.45) is 6.03. The third-order valence-electron chi connectivity index (χ3n) is 3.21. The van der Waals surface area contributed by atoms with Gasteiger partial charge in [-0.15, -0.1) is 0 Å². The van der Waals surface area contributed by atoms with Gasteiger partial charge in [-0.25, -0.2) is 0 Å². The minimum absolute atomic E-state index is 0.373. The van der Waals surface area contributed by atoms with Crippen molar-refractivity contribution in [3.8, 4) is 0 Å². The van der Waals surface area contributed by atoms with Gasteiger partial charge in [0.2, 0.25) is 0 Å². The molecular weight excluding hydrogens is 220 g/mol. The Morgan fingerprint density at radius 1 is 1.17 bits per heavy atom. The molecule has 2 rings (SSSR count). The largest absolute Gasteiger partial charge is 0.313 e. The second kappa shape index (κ2) is 6.31. The van der Waals surface area contributed by atoms with Crippen molar-refractivity contribution in [2.45, 2.75) is 25.8 Å². The maximum absolute atomic E-state index is 4.27. The molecule has 0 aliphatic carbocycles. The first-order valence-electron chi connectivity index (χ1n) is 6.42. The molecule has 0 aliphatic heterocycles. The second-order valence-corrected chi connectivity index (χ2v) is 4.66. The maximum Gasteiger partial charge on any atom is 0.0336 e. The van der Waals surface area contributed by atoms with Gasteiger partial charge in [0.05, 0.1) is 0 Å². The van der Waals surface area contributed by atoms with E-state index in [2.05, 4.69) is 53.6 Å². The Hall–Kier alpha value is -1.67. The van der Waals surface area contributed by atoms with Crippen LogP contribution < -0.4 is 5.32 Å². The third-order valence-corrected chi connectivity index (χ3v) is 3.21. The van der Waals surface area contributed by atoms with Crippen molar-refractivity contribution in [1.82, 2.24) is 10.3 Å². The van der Waals surface area contributed by atoms with Crippen molar-refractivity contribution in [1.29, 1.82) is 0 Å². The lowest BCUT2D eigenvalue weighted by Gasteiger charge is -2.16. The van der Waals surface area contributed by atoms with Crippen LogP contribution in [0.25, 0.3) is 0 Å². The Labute approximate surface area is 109 Å². The molecule has 0 saturated heterocycles. The molecule has 2 heteroatoms. The molecule has 0 amide bonds. The van der Waals surface area contributed by atoms with E-state index in [4.69, 9.17) is 0 Å². The number of hydrogen-bond acceptors (Lipinski definition) is 2. The van der Waals surface area contributed by atoms with Gasteiger partial charge in [-0.05, 0) is 43.5 Å². The zero-order valence-corrected chi connectivity index (χ0v) is 11.1. The monoisotopic (exact) mass is 240 g/mol. The van der Waals surface area contributed by atoms with Crippen molar-refractivity contribution in [2.24, 2.45) is 0 Å². The van der Waals surface area contributed by atoms with Crippen molar-refractivity contribution in [2.75, 3.05) is 7.05 Å². The second-order valence-electron chi connectivity index (χ2n) is 4.66. The summed E-state index contributed by atoms with van der Waals surface area (Å²) in [6.45, 7) is 2.08. The van der Waals surface area contributed by atoms with Gasteiger partial charge in [0.15, 0.2) is 0 Å². The van der Waals surface area contributed by atoms with Gasteiger partial charge in [-0.1, -0.05) is 36.4 Å². The molecule has 1 atom stereocenters. The van der Waals surface area contributed by atoms with Crippen molar-refractivity contribution in [3.63, 3.8) is 0 Å². The van der Waals surface area contributed by atoms with E-state index in [-0.39, 0.29) is 0 Å². The highest BCUT2D eigenvalue weighted by Gasteiger charge is 2.09. The first kappa shape index (κ1) is 12.8. The Kier molecular flexibility index (Phi) is 4.48. The summed E-state index contributed by atoms with van der Waals surface area (Å²) < 4.78 is 0. The van der Waals surface area contributed by atoms with Gasteiger partial charge in [-0.3, -0.25) is 4.98 Å². The van der Waals surface area contributed by atoms with Crippen LogP contribution in [0.2, 0.25) is 0 Å². The molecule has 1 heterocycles. The summed E-state index contributed by atoms with van der Waals surface area (Å²) in [4.78, 5) is 4.27. The zero-order valence-electron chi connectivity index (χ0n) is 11.1. The molecular formula is C16H20N2. The van der Waals surface area contributed by atoms with Gasteiger partial charge in [0.1, 0.15) is 0 Å². The normalized spacial score (nSPS) is 12.3. The van der Waals surface area contributed by atoms with Crippen LogP contribution in [-0.4, -0.2) is 12.0 Å². The fraction of sp³-hybridized carbons (Fsp3) is 0.312. The molecule has 0 fully saturated rings. The first-order chi connectivity index (χ1) is 8.79. The van der Waals surface area contributed by atoms with Gasteiger partial charge >= 0.3 is 0 Å². The first-order valence-corrected chi connectivity index (χ1v) is 6.42. The molecule has 0 spiro atoms.